The quantitative estimate of drug-likeness (QED) is 0.483. The van der Waals surface area contributed by atoms with E-state index < -0.39 is 11.7 Å². The van der Waals surface area contributed by atoms with Gasteiger partial charge < -0.3 is 11.1 Å². The van der Waals surface area contributed by atoms with Crippen LogP contribution in [0.3, 0.4) is 0 Å². The number of anilines is 2. The Labute approximate surface area is 168 Å². The maximum absolute atomic E-state index is 13.4. The number of halogens is 4. The Balaban J connectivity index is 1.75. The first-order chi connectivity index (χ1) is 14.2. The highest BCUT2D eigenvalue weighted by atomic mass is 19.4. The van der Waals surface area contributed by atoms with Crippen molar-refractivity contribution in [3.05, 3.63) is 65.5 Å². The molecule has 154 valence electrons. The molecule has 4 aromatic rings. The van der Waals surface area contributed by atoms with Crippen molar-refractivity contribution in [1.29, 1.82) is 0 Å². The van der Waals surface area contributed by atoms with E-state index in [9.17, 15) is 17.6 Å². The van der Waals surface area contributed by atoms with Gasteiger partial charge in [0.15, 0.2) is 5.65 Å². The second kappa shape index (κ2) is 7.29. The van der Waals surface area contributed by atoms with Crippen molar-refractivity contribution in [3.8, 4) is 11.3 Å². The van der Waals surface area contributed by atoms with Crippen LogP contribution in [0.25, 0.3) is 22.3 Å². The second-order valence-corrected chi connectivity index (χ2v) is 6.66. The van der Waals surface area contributed by atoms with E-state index in [0.29, 0.717) is 27.9 Å². The van der Waals surface area contributed by atoms with Crippen LogP contribution in [0, 0.1) is 5.82 Å². The van der Waals surface area contributed by atoms with Crippen molar-refractivity contribution in [2.75, 3.05) is 11.1 Å². The third-order valence-electron chi connectivity index (χ3n) is 4.56. The maximum Gasteiger partial charge on any atom is 0.416 e. The predicted molar refractivity (Wildman–Crippen MR) is 105 cm³/mol. The summed E-state index contributed by atoms with van der Waals surface area (Å²) in [6.07, 6.45) is -4.44. The van der Waals surface area contributed by atoms with Crippen LogP contribution in [0.5, 0.6) is 0 Å². The van der Waals surface area contributed by atoms with E-state index in [1.54, 1.807) is 19.2 Å². The Hall–Kier alpha value is -3.69. The number of rotatable bonds is 4. The summed E-state index contributed by atoms with van der Waals surface area (Å²) in [7, 11) is 1.63. The van der Waals surface area contributed by atoms with E-state index >= 15 is 0 Å². The van der Waals surface area contributed by atoms with Gasteiger partial charge in [0, 0.05) is 19.2 Å². The van der Waals surface area contributed by atoms with Crippen molar-refractivity contribution in [3.63, 3.8) is 0 Å². The lowest BCUT2D eigenvalue weighted by atomic mass is 10.1. The lowest BCUT2D eigenvalue weighted by Crippen LogP contribution is -2.06. The van der Waals surface area contributed by atoms with Gasteiger partial charge in [-0.1, -0.05) is 24.3 Å². The summed E-state index contributed by atoms with van der Waals surface area (Å²) in [4.78, 5) is 8.77. The van der Waals surface area contributed by atoms with Gasteiger partial charge >= 0.3 is 6.18 Å². The van der Waals surface area contributed by atoms with E-state index in [4.69, 9.17) is 5.73 Å². The van der Waals surface area contributed by atoms with Crippen LogP contribution in [0.2, 0.25) is 0 Å². The smallest absolute Gasteiger partial charge is 0.383 e. The zero-order chi connectivity index (χ0) is 21.5. The fourth-order valence-corrected chi connectivity index (χ4v) is 3.05. The highest BCUT2D eigenvalue weighted by molar-refractivity contribution is 5.98. The van der Waals surface area contributed by atoms with E-state index in [1.165, 1.54) is 28.9 Å². The Morgan fingerprint density at radius 3 is 2.47 bits per heavy atom. The Kier molecular flexibility index (Phi) is 4.76. The molecule has 3 N–H and O–H groups in total. The molecule has 0 spiro atoms. The van der Waals surface area contributed by atoms with E-state index in [0.717, 1.165) is 12.1 Å². The normalized spacial score (nSPS) is 11.8. The van der Waals surface area contributed by atoms with Crippen molar-refractivity contribution in [1.82, 2.24) is 19.7 Å². The van der Waals surface area contributed by atoms with Gasteiger partial charge in [-0.2, -0.15) is 23.3 Å². The topological polar surface area (TPSA) is 81.7 Å². The molecule has 0 amide bonds. The van der Waals surface area contributed by atoms with Gasteiger partial charge in [-0.25, -0.2) is 9.37 Å². The number of hydrogen-bond acceptors (Lipinski definition) is 5. The number of nitrogens with zero attached hydrogens (tertiary/aromatic N) is 4. The minimum absolute atomic E-state index is 0.194. The van der Waals surface area contributed by atoms with Crippen LogP contribution in [-0.2, 0) is 19.8 Å². The highest BCUT2D eigenvalue weighted by Crippen LogP contribution is 2.34. The number of nitrogens with two attached hydrogens (primary N) is 1. The third kappa shape index (κ3) is 3.76. The van der Waals surface area contributed by atoms with Crippen LogP contribution in [0.15, 0.2) is 48.5 Å². The lowest BCUT2D eigenvalue weighted by molar-refractivity contribution is -0.137. The number of aryl methyl sites for hydroxylation is 1. The Bertz CT molecular complexity index is 1210. The Morgan fingerprint density at radius 2 is 1.80 bits per heavy atom. The average Bonchev–Trinajstić information content (AvgIpc) is 2.99. The van der Waals surface area contributed by atoms with Gasteiger partial charge in [0.1, 0.15) is 11.6 Å². The van der Waals surface area contributed by atoms with Gasteiger partial charge in [-0.05, 0) is 29.8 Å². The molecule has 0 unspecified atom stereocenters. The monoisotopic (exact) mass is 416 g/mol. The molecule has 2 aromatic heterocycles. The first-order valence-corrected chi connectivity index (χ1v) is 8.88. The van der Waals surface area contributed by atoms with Crippen molar-refractivity contribution < 1.29 is 17.6 Å². The number of alkyl halides is 3. The summed E-state index contributed by atoms with van der Waals surface area (Å²) >= 11 is 0. The second-order valence-electron chi connectivity index (χ2n) is 6.66. The zero-order valence-electron chi connectivity index (χ0n) is 15.7. The van der Waals surface area contributed by atoms with Gasteiger partial charge in [0.05, 0.1) is 16.6 Å². The summed E-state index contributed by atoms with van der Waals surface area (Å²) < 4.78 is 53.5. The van der Waals surface area contributed by atoms with Crippen molar-refractivity contribution in [2.45, 2.75) is 12.7 Å². The highest BCUT2D eigenvalue weighted by Gasteiger charge is 2.30. The number of nitrogen functional groups attached to an aromatic ring is 1. The van der Waals surface area contributed by atoms with Crippen LogP contribution >= 0.6 is 0 Å². The number of benzene rings is 2. The molecule has 2 heterocycles. The summed E-state index contributed by atoms with van der Waals surface area (Å²) in [6.45, 7) is 0.248. The van der Waals surface area contributed by atoms with Gasteiger partial charge in [-0.15, -0.1) is 0 Å². The fraction of sp³-hybridized carbons (Fsp3) is 0.150. The summed E-state index contributed by atoms with van der Waals surface area (Å²) in [5.74, 6) is 0.116. The molecule has 0 fully saturated rings. The molecule has 0 saturated carbocycles. The first-order valence-electron chi connectivity index (χ1n) is 8.88. The molecular weight excluding hydrogens is 400 g/mol. The molecule has 0 aliphatic rings. The predicted octanol–water partition coefficient (Wildman–Crippen LogP) is 4.38. The third-order valence-corrected chi connectivity index (χ3v) is 4.56. The van der Waals surface area contributed by atoms with Gasteiger partial charge in [0.25, 0.3) is 0 Å². The average molecular weight is 416 g/mol. The summed E-state index contributed by atoms with van der Waals surface area (Å²) in [5.41, 5.74) is 7.07. The number of aromatic nitrogens is 4. The van der Waals surface area contributed by atoms with E-state index in [1.807, 2.05) is 0 Å². The zero-order valence-corrected chi connectivity index (χ0v) is 15.7. The van der Waals surface area contributed by atoms with Crippen LogP contribution in [0.1, 0.15) is 11.1 Å². The molecule has 0 bridgehead atoms. The minimum Gasteiger partial charge on any atom is -0.383 e. The maximum atomic E-state index is 13.4. The number of nitrogens with one attached hydrogen (secondary N) is 1. The largest absolute Gasteiger partial charge is 0.416 e. The molecule has 30 heavy (non-hydrogen) atoms. The molecule has 0 aliphatic heterocycles. The SMILES string of the molecule is Cn1nc2nc(NCc3cccc(F)c3)nc(-c3ccc(C(F)(F)F)cc3)c2c1N. The molecule has 0 aliphatic carbocycles. The standard InChI is InChI=1S/C20H16F4N6/c1-30-17(25)15-16(12-5-7-13(8-6-12)20(22,23)24)27-19(28-18(15)29-30)26-10-11-3-2-4-14(21)9-11/h2-9H,10,25H2,1H3,(H,26,28,29). The van der Waals surface area contributed by atoms with Gasteiger partial charge in [-0.3, -0.25) is 4.68 Å². The fourth-order valence-electron chi connectivity index (χ4n) is 3.05. The Morgan fingerprint density at radius 1 is 1.07 bits per heavy atom. The number of hydrogen-bond donors (Lipinski definition) is 2. The molecule has 0 saturated heterocycles. The van der Waals surface area contributed by atoms with Crippen molar-refractivity contribution in [2.24, 2.45) is 7.05 Å². The van der Waals surface area contributed by atoms with E-state index in [-0.39, 0.29) is 24.1 Å². The first kappa shape index (κ1) is 19.6. The van der Waals surface area contributed by atoms with Crippen LogP contribution < -0.4 is 11.1 Å². The molecule has 0 radical (unpaired) electrons. The molecule has 6 nitrogen and oxygen atoms in total. The van der Waals surface area contributed by atoms with Crippen LogP contribution in [0.4, 0.5) is 29.3 Å². The lowest BCUT2D eigenvalue weighted by Gasteiger charge is -2.10. The van der Waals surface area contributed by atoms with Crippen LogP contribution in [-0.4, -0.2) is 19.7 Å². The van der Waals surface area contributed by atoms with Gasteiger partial charge in [0.2, 0.25) is 5.95 Å². The molecule has 2 aromatic carbocycles. The molecule has 0 atom stereocenters. The summed E-state index contributed by atoms with van der Waals surface area (Å²) in [6, 6.07) is 10.7. The molecular formula is C20H16F4N6. The van der Waals surface area contributed by atoms with E-state index in [2.05, 4.69) is 20.4 Å². The number of fused-ring (bicyclic) bond motifs is 1. The minimum atomic E-state index is -4.44. The molecule has 10 heteroatoms. The van der Waals surface area contributed by atoms with Crippen molar-refractivity contribution >= 4 is 22.8 Å². The summed E-state index contributed by atoms with van der Waals surface area (Å²) in [5, 5.41) is 7.68. The molecule has 4 rings (SSSR count).